The van der Waals surface area contributed by atoms with Crippen LogP contribution < -0.4 is 5.32 Å². The van der Waals surface area contributed by atoms with Crippen LogP contribution in [0.1, 0.15) is 56.7 Å². The molecule has 2 heterocycles. The van der Waals surface area contributed by atoms with Crippen LogP contribution in [0.3, 0.4) is 0 Å². The van der Waals surface area contributed by atoms with Gasteiger partial charge in [0.25, 0.3) is 0 Å². The molecule has 2 aliphatic rings. The molecule has 2 aliphatic heterocycles. The summed E-state index contributed by atoms with van der Waals surface area (Å²) in [6, 6.07) is 14.7. The highest BCUT2D eigenvalue weighted by Crippen LogP contribution is 2.36. The fourth-order valence-electron chi connectivity index (χ4n) is 5.89. The molecule has 212 valence electrons. The van der Waals surface area contributed by atoms with E-state index >= 15 is 0 Å². The maximum Gasteiger partial charge on any atom is 0.337 e. The maximum atomic E-state index is 14.2. The van der Waals surface area contributed by atoms with Gasteiger partial charge in [-0.25, -0.2) is 18.4 Å². The Kier molecular flexibility index (Phi) is 9.21. The van der Waals surface area contributed by atoms with Gasteiger partial charge < -0.3 is 19.9 Å². The van der Waals surface area contributed by atoms with E-state index in [2.05, 4.69) is 23.2 Å². The van der Waals surface area contributed by atoms with Crippen LogP contribution in [0, 0.1) is 28.9 Å². The minimum atomic E-state index is -1.05. The first-order valence-corrected chi connectivity index (χ1v) is 13.7. The van der Waals surface area contributed by atoms with Crippen LogP contribution in [0.25, 0.3) is 0 Å². The lowest BCUT2D eigenvalue weighted by atomic mass is 9.74. The van der Waals surface area contributed by atoms with E-state index in [1.807, 2.05) is 30.3 Å². The first-order chi connectivity index (χ1) is 19.2. The molecule has 2 aromatic carbocycles. The van der Waals surface area contributed by atoms with Crippen molar-refractivity contribution < 1.29 is 23.1 Å². The van der Waals surface area contributed by atoms with Gasteiger partial charge in [-0.1, -0.05) is 43.3 Å². The number of methoxy groups -OCH3 is 1. The van der Waals surface area contributed by atoms with Gasteiger partial charge >= 0.3 is 12.0 Å². The number of halogens is 2. The average molecular weight is 551 g/mol. The minimum Gasteiger partial charge on any atom is -0.466 e. The Labute approximate surface area is 234 Å². The quantitative estimate of drug-likeness (QED) is 0.420. The van der Waals surface area contributed by atoms with Crippen molar-refractivity contribution >= 4 is 12.0 Å². The van der Waals surface area contributed by atoms with Crippen molar-refractivity contribution in [3.05, 3.63) is 82.6 Å². The zero-order valence-electron chi connectivity index (χ0n) is 23.3. The molecule has 0 aliphatic carbocycles. The van der Waals surface area contributed by atoms with E-state index in [1.54, 1.807) is 6.92 Å². The number of amides is 2. The first-order valence-electron chi connectivity index (χ1n) is 13.7. The number of ether oxygens (including phenoxy) is 1. The number of benzene rings is 2. The molecule has 1 unspecified atom stereocenters. The molecule has 0 radical (unpaired) electrons. The van der Waals surface area contributed by atoms with Crippen molar-refractivity contribution in [3.8, 4) is 6.07 Å². The van der Waals surface area contributed by atoms with Crippen molar-refractivity contribution in [1.82, 2.24) is 15.1 Å². The summed E-state index contributed by atoms with van der Waals surface area (Å²) in [5.41, 5.74) is 1.45. The molecule has 0 spiro atoms. The third-order valence-corrected chi connectivity index (χ3v) is 8.12. The molecule has 4 rings (SSSR count). The van der Waals surface area contributed by atoms with E-state index in [-0.39, 0.29) is 5.57 Å². The topological polar surface area (TPSA) is 85.7 Å². The molecule has 7 nitrogen and oxygen atoms in total. The number of piperidine rings is 1. The van der Waals surface area contributed by atoms with E-state index in [1.165, 1.54) is 18.1 Å². The predicted molar refractivity (Wildman–Crippen MR) is 147 cm³/mol. The van der Waals surface area contributed by atoms with Crippen molar-refractivity contribution in [3.63, 3.8) is 0 Å². The Bertz CT molecular complexity index is 1300. The van der Waals surface area contributed by atoms with Gasteiger partial charge in [0.05, 0.1) is 30.2 Å². The van der Waals surface area contributed by atoms with Gasteiger partial charge in [-0.05, 0) is 74.9 Å². The van der Waals surface area contributed by atoms with Gasteiger partial charge in [0, 0.05) is 18.8 Å². The molecule has 9 heteroatoms. The van der Waals surface area contributed by atoms with Gasteiger partial charge in [0.2, 0.25) is 0 Å². The average Bonchev–Trinajstić information content (AvgIpc) is 2.96. The zero-order chi connectivity index (χ0) is 28.9. The second-order valence-electron chi connectivity index (χ2n) is 10.8. The van der Waals surface area contributed by atoms with Crippen molar-refractivity contribution in [1.29, 1.82) is 5.26 Å². The lowest BCUT2D eigenvalue weighted by Gasteiger charge is -2.39. The van der Waals surface area contributed by atoms with E-state index in [0.29, 0.717) is 30.1 Å². The Morgan fingerprint density at radius 2 is 1.88 bits per heavy atom. The Morgan fingerprint density at radius 3 is 2.50 bits per heavy atom. The van der Waals surface area contributed by atoms with Crippen molar-refractivity contribution in [2.75, 3.05) is 33.3 Å². The molecule has 2 atom stereocenters. The highest BCUT2D eigenvalue weighted by Gasteiger charge is 2.39. The highest BCUT2D eigenvalue weighted by atomic mass is 19.2. The maximum absolute atomic E-state index is 14.2. The van der Waals surface area contributed by atoms with Crippen LogP contribution in [0.2, 0.25) is 0 Å². The summed E-state index contributed by atoms with van der Waals surface area (Å²) in [5, 5.41) is 12.7. The Balaban J connectivity index is 1.39. The number of carbonyl (C=O) groups excluding carboxylic acids is 2. The molecule has 1 N–H and O–H groups in total. The lowest BCUT2D eigenvalue weighted by Crippen LogP contribution is -2.49. The van der Waals surface area contributed by atoms with Gasteiger partial charge in [0.1, 0.15) is 0 Å². The van der Waals surface area contributed by atoms with Gasteiger partial charge in [-0.2, -0.15) is 5.26 Å². The highest BCUT2D eigenvalue weighted by molar-refractivity contribution is 5.95. The zero-order valence-corrected chi connectivity index (χ0v) is 23.3. The molecular formula is C31H36F2N4O3. The minimum absolute atomic E-state index is 0.189. The number of esters is 1. The third kappa shape index (κ3) is 6.18. The van der Waals surface area contributed by atoms with Gasteiger partial charge in [-0.15, -0.1) is 0 Å². The SMILES string of the molecule is COC(=O)C1=C(C)NC(=O)N(CCC[C@H](C)CN2CCC(C#N)(c3ccccc3)CC2)C1c1ccc(F)c(F)c1. The largest absolute Gasteiger partial charge is 0.466 e. The molecule has 0 saturated carbocycles. The number of hydrogen-bond acceptors (Lipinski definition) is 5. The molecule has 0 aromatic heterocycles. The van der Waals surface area contributed by atoms with E-state index in [4.69, 9.17) is 4.74 Å². The molecular weight excluding hydrogens is 514 g/mol. The van der Waals surface area contributed by atoms with Crippen molar-refractivity contribution in [2.45, 2.75) is 51.0 Å². The normalized spacial score (nSPS) is 20.1. The van der Waals surface area contributed by atoms with E-state index in [0.717, 1.165) is 56.6 Å². The Morgan fingerprint density at radius 1 is 1.18 bits per heavy atom. The van der Waals surface area contributed by atoms with Crippen LogP contribution >= 0.6 is 0 Å². The Hall–Kier alpha value is -3.77. The fourth-order valence-corrected chi connectivity index (χ4v) is 5.89. The third-order valence-electron chi connectivity index (χ3n) is 8.12. The molecule has 2 aromatic rings. The smallest absolute Gasteiger partial charge is 0.337 e. The summed E-state index contributed by atoms with van der Waals surface area (Å²) >= 11 is 0. The summed E-state index contributed by atoms with van der Waals surface area (Å²) in [6.07, 6.45) is 3.05. The van der Waals surface area contributed by atoms with Crippen molar-refractivity contribution in [2.24, 2.45) is 5.92 Å². The number of urea groups is 1. The summed E-state index contributed by atoms with van der Waals surface area (Å²) in [4.78, 5) is 29.6. The number of likely N-dealkylation sites (tertiary alicyclic amines) is 1. The summed E-state index contributed by atoms with van der Waals surface area (Å²) in [7, 11) is 1.24. The van der Waals surface area contributed by atoms with Crippen LogP contribution in [-0.4, -0.2) is 55.1 Å². The number of rotatable bonds is 9. The standard InChI is InChI=1S/C31H36F2N4O3/c1-21(19-36-16-13-31(20-34,14-17-36)24-9-5-4-6-10-24)8-7-15-37-28(23-11-12-25(32)26(33)18-23)27(29(38)40-3)22(2)35-30(37)39/h4-6,9-12,18,21,28H,7-8,13-17,19H2,1-3H3,(H,35,39)/t21-,28?/m0/s1. The molecule has 1 saturated heterocycles. The summed E-state index contributed by atoms with van der Waals surface area (Å²) < 4.78 is 32.8. The number of nitriles is 1. The number of allylic oxidation sites excluding steroid dienone is 1. The summed E-state index contributed by atoms with van der Waals surface area (Å²) in [5.74, 6) is -2.36. The fraction of sp³-hybridized carbons (Fsp3) is 0.452. The molecule has 40 heavy (non-hydrogen) atoms. The number of nitrogens with one attached hydrogen (secondary N) is 1. The van der Waals surface area contributed by atoms with Crippen LogP contribution in [0.5, 0.6) is 0 Å². The second-order valence-corrected chi connectivity index (χ2v) is 10.8. The number of carbonyl (C=O) groups is 2. The predicted octanol–water partition coefficient (Wildman–Crippen LogP) is 5.45. The second kappa shape index (κ2) is 12.6. The van der Waals surface area contributed by atoms with Gasteiger partial charge in [0.15, 0.2) is 11.6 Å². The molecule has 1 fully saturated rings. The van der Waals surface area contributed by atoms with Crippen LogP contribution in [0.4, 0.5) is 13.6 Å². The van der Waals surface area contributed by atoms with E-state index in [9.17, 15) is 23.6 Å². The van der Waals surface area contributed by atoms with Crippen LogP contribution in [0.15, 0.2) is 59.8 Å². The van der Waals surface area contributed by atoms with Crippen LogP contribution in [-0.2, 0) is 14.9 Å². The monoisotopic (exact) mass is 550 g/mol. The number of hydrogen-bond donors (Lipinski definition) is 1. The lowest BCUT2D eigenvalue weighted by molar-refractivity contribution is -0.137. The number of nitrogens with zero attached hydrogens (tertiary/aromatic N) is 3. The molecule has 2 amide bonds. The van der Waals surface area contributed by atoms with Gasteiger partial charge in [-0.3, -0.25) is 0 Å². The first kappa shape index (κ1) is 29.2. The van der Waals surface area contributed by atoms with E-state index < -0.39 is 35.1 Å². The molecule has 0 bridgehead atoms. The summed E-state index contributed by atoms with van der Waals surface area (Å²) in [6.45, 7) is 6.63.